The van der Waals surface area contributed by atoms with E-state index in [-0.39, 0.29) is 10.7 Å². The second-order valence-corrected chi connectivity index (χ2v) is 5.32. The molecule has 0 aliphatic carbocycles. The number of nitrogens with zero attached hydrogens (tertiary/aromatic N) is 3. The van der Waals surface area contributed by atoms with Crippen LogP contribution in [0.1, 0.15) is 11.3 Å². The van der Waals surface area contributed by atoms with Crippen molar-refractivity contribution in [2.45, 2.75) is 13.1 Å². The maximum atomic E-state index is 10.8. The first kappa shape index (κ1) is 13.9. The lowest BCUT2D eigenvalue weighted by molar-refractivity contribution is -0.384. The third kappa shape index (κ3) is 3.73. The van der Waals surface area contributed by atoms with Crippen LogP contribution in [0.2, 0.25) is 5.02 Å². The van der Waals surface area contributed by atoms with Gasteiger partial charge in [0.2, 0.25) is 0 Å². The molecule has 100 valence electrons. The first-order valence-corrected chi connectivity index (χ1v) is 6.87. The number of thiazole rings is 1. The van der Waals surface area contributed by atoms with Crippen molar-refractivity contribution >= 4 is 28.6 Å². The molecule has 0 N–H and O–H groups in total. The first-order chi connectivity index (χ1) is 9.06. The fourth-order valence-electron chi connectivity index (χ4n) is 1.76. The summed E-state index contributed by atoms with van der Waals surface area (Å²) in [6.07, 6.45) is 0. The number of nitro groups is 1. The summed E-state index contributed by atoms with van der Waals surface area (Å²) in [4.78, 5) is 16.6. The predicted molar refractivity (Wildman–Crippen MR) is 75.4 cm³/mol. The molecule has 1 aromatic heterocycles. The van der Waals surface area contributed by atoms with Gasteiger partial charge >= 0.3 is 0 Å². The van der Waals surface area contributed by atoms with Crippen LogP contribution in [0.25, 0.3) is 0 Å². The van der Waals surface area contributed by atoms with E-state index >= 15 is 0 Å². The molecule has 0 bridgehead atoms. The number of hydrogen-bond donors (Lipinski definition) is 0. The van der Waals surface area contributed by atoms with Gasteiger partial charge in [0.15, 0.2) is 0 Å². The lowest BCUT2D eigenvalue weighted by Gasteiger charge is -2.15. The molecule has 0 aliphatic heterocycles. The topological polar surface area (TPSA) is 59.3 Å². The van der Waals surface area contributed by atoms with Crippen molar-refractivity contribution in [3.8, 4) is 0 Å². The zero-order valence-corrected chi connectivity index (χ0v) is 11.8. The van der Waals surface area contributed by atoms with E-state index < -0.39 is 4.92 Å². The number of halogens is 1. The van der Waals surface area contributed by atoms with E-state index in [0.717, 1.165) is 11.3 Å². The normalized spacial score (nSPS) is 10.9. The second kappa shape index (κ2) is 6.10. The average Bonchev–Trinajstić information content (AvgIpc) is 2.84. The van der Waals surface area contributed by atoms with Crippen LogP contribution in [-0.2, 0) is 13.1 Å². The van der Waals surface area contributed by atoms with Crippen LogP contribution in [0.4, 0.5) is 5.69 Å². The van der Waals surface area contributed by atoms with Gasteiger partial charge in [-0.1, -0.05) is 17.7 Å². The van der Waals surface area contributed by atoms with Gasteiger partial charge in [-0.3, -0.25) is 15.0 Å². The lowest BCUT2D eigenvalue weighted by Crippen LogP contribution is -2.17. The summed E-state index contributed by atoms with van der Waals surface area (Å²) in [7, 11) is 1.94. The van der Waals surface area contributed by atoms with Gasteiger partial charge < -0.3 is 0 Å². The molecule has 0 radical (unpaired) electrons. The number of hydrogen-bond acceptors (Lipinski definition) is 5. The molecule has 2 rings (SSSR count). The Morgan fingerprint density at radius 1 is 1.47 bits per heavy atom. The minimum Gasteiger partial charge on any atom is -0.296 e. The van der Waals surface area contributed by atoms with Gasteiger partial charge in [0.05, 0.1) is 16.1 Å². The summed E-state index contributed by atoms with van der Waals surface area (Å²) < 4.78 is 0. The van der Waals surface area contributed by atoms with Crippen molar-refractivity contribution in [1.29, 1.82) is 0 Å². The summed E-state index contributed by atoms with van der Waals surface area (Å²) in [5.41, 5.74) is 3.59. The highest BCUT2D eigenvalue weighted by atomic mass is 35.5. The van der Waals surface area contributed by atoms with Crippen LogP contribution in [-0.4, -0.2) is 21.9 Å². The van der Waals surface area contributed by atoms with E-state index in [1.54, 1.807) is 29.0 Å². The molecule has 0 amide bonds. The smallest absolute Gasteiger partial charge is 0.288 e. The van der Waals surface area contributed by atoms with Crippen LogP contribution in [0, 0.1) is 10.1 Å². The number of aromatic nitrogens is 1. The predicted octanol–water partition coefficient (Wildman–Crippen LogP) is 3.34. The monoisotopic (exact) mass is 297 g/mol. The molecular formula is C12H12ClN3O2S. The molecule has 1 heterocycles. The molecule has 19 heavy (non-hydrogen) atoms. The van der Waals surface area contributed by atoms with Gasteiger partial charge in [0.1, 0.15) is 5.02 Å². The summed E-state index contributed by atoms with van der Waals surface area (Å²) in [6.45, 7) is 1.31. The van der Waals surface area contributed by atoms with Crippen LogP contribution in [0.5, 0.6) is 0 Å². The van der Waals surface area contributed by atoms with E-state index in [2.05, 4.69) is 4.98 Å². The zero-order chi connectivity index (χ0) is 13.8. The van der Waals surface area contributed by atoms with E-state index in [0.29, 0.717) is 13.1 Å². The van der Waals surface area contributed by atoms with Gasteiger partial charge in [-0.2, -0.15) is 0 Å². The number of benzene rings is 1. The number of nitro benzene ring substituents is 1. The highest BCUT2D eigenvalue weighted by Gasteiger charge is 2.13. The van der Waals surface area contributed by atoms with E-state index in [9.17, 15) is 10.1 Å². The Labute approximate surface area is 119 Å². The van der Waals surface area contributed by atoms with Crippen molar-refractivity contribution < 1.29 is 4.92 Å². The van der Waals surface area contributed by atoms with E-state index in [1.807, 2.05) is 17.3 Å². The summed E-state index contributed by atoms with van der Waals surface area (Å²) >= 11 is 7.33. The Kier molecular flexibility index (Phi) is 4.47. The molecule has 1 aromatic carbocycles. The molecule has 0 saturated carbocycles. The third-order valence-electron chi connectivity index (χ3n) is 2.58. The van der Waals surface area contributed by atoms with Crippen LogP contribution in [0.15, 0.2) is 29.1 Å². The fourth-order valence-corrected chi connectivity index (χ4v) is 2.49. The van der Waals surface area contributed by atoms with Crippen molar-refractivity contribution in [3.63, 3.8) is 0 Å². The molecule has 0 unspecified atom stereocenters. The quantitative estimate of drug-likeness (QED) is 0.627. The zero-order valence-electron chi connectivity index (χ0n) is 10.2. The fraction of sp³-hybridized carbons (Fsp3) is 0.250. The third-order valence-corrected chi connectivity index (χ3v) is 3.53. The van der Waals surface area contributed by atoms with Gasteiger partial charge in [0, 0.05) is 24.5 Å². The Hall–Kier alpha value is -1.50. The maximum absolute atomic E-state index is 10.8. The maximum Gasteiger partial charge on any atom is 0.288 e. The number of rotatable bonds is 5. The first-order valence-electron chi connectivity index (χ1n) is 5.54. The Bertz CT molecular complexity index is 574. The minimum absolute atomic E-state index is 0.0544. The van der Waals surface area contributed by atoms with E-state index in [4.69, 9.17) is 11.6 Å². The molecule has 0 saturated heterocycles. The van der Waals surface area contributed by atoms with Crippen LogP contribution >= 0.6 is 22.9 Å². The van der Waals surface area contributed by atoms with Crippen molar-refractivity contribution in [2.75, 3.05) is 7.05 Å². The van der Waals surface area contributed by atoms with Crippen molar-refractivity contribution in [2.24, 2.45) is 0 Å². The standard InChI is InChI=1S/C12H12ClN3O2S/c1-15(6-10-7-19-8-14-10)5-9-2-3-11(13)12(4-9)16(17)18/h2-4,7-8H,5-6H2,1H3. The largest absolute Gasteiger partial charge is 0.296 e. The van der Waals surface area contributed by atoms with Gasteiger partial charge in [0.25, 0.3) is 5.69 Å². The summed E-state index contributed by atoms with van der Waals surface area (Å²) in [6, 6.07) is 4.87. The molecule has 0 aliphatic rings. The molecule has 0 fully saturated rings. The highest BCUT2D eigenvalue weighted by Crippen LogP contribution is 2.25. The van der Waals surface area contributed by atoms with Gasteiger partial charge in [-0.15, -0.1) is 11.3 Å². The molecule has 5 nitrogen and oxygen atoms in total. The Morgan fingerprint density at radius 2 is 2.26 bits per heavy atom. The lowest BCUT2D eigenvalue weighted by atomic mass is 10.2. The average molecular weight is 298 g/mol. The Morgan fingerprint density at radius 3 is 2.89 bits per heavy atom. The molecule has 0 atom stereocenters. The minimum atomic E-state index is -0.466. The molecule has 7 heteroatoms. The Balaban J connectivity index is 2.06. The SMILES string of the molecule is CN(Cc1ccc(Cl)c([N+](=O)[O-])c1)Cc1cscn1. The van der Waals surface area contributed by atoms with Crippen molar-refractivity contribution in [3.05, 3.63) is 55.5 Å². The van der Waals surface area contributed by atoms with Crippen LogP contribution < -0.4 is 0 Å². The van der Waals surface area contributed by atoms with Gasteiger partial charge in [-0.05, 0) is 18.7 Å². The van der Waals surface area contributed by atoms with Gasteiger partial charge in [-0.25, -0.2) is 4.98 Å². The molecule has 2 aromatic rings. The van der Waals surface area contributed by atoms with Crippen molar-refractivity contribution in [1.82, 2.24) is 9.88 Å². The molecule has 0 spiro atoms. The highest BCUT2D eigenvalue weighted by molar-refractivity contribution is 7.07. The summed E-state index contributed by atoms with van der Waals surface area (Å²) in [5.74, 6) is 0. The molecular weight excluding hydrogens is 286 g/mol. The van der Waals surface area contributed by atoms with E-state index in [1.165, 1.54) is 6.07 Å². The summed E-state index contributed by atoms with van der Waals surface area (Å²) in [5, 5.41) is 13.0. The van der Waals surface area contributed by atoms with Crippen LogP contribution in [0.3, 0.4) is 0 Å². The second-order valence-electron chi connectivity index (χ2n) is 4.19.